The molecule has 32 heavy (non-hydrogen) atoms. The smallest absolute Gasteiger partial charge is 0.252 e. The molecule has 1 aliphatic heterocycles. The Morgan fingerprint density at radius 3 is 2.53 bits per heavy atom. The fourth-order valence-electron chi connectivity index (χ4n) is 4.62. The molecular weight excluding hydrogens is 446 g/mol. The highest BCUT2D eigenvalue weighted by Gasteiger charge is 2.27. The number of hydrogen-bond donors (Lipinski definition) is 1. The predicted octanol–water partition coefficient (Wildman–Crippen LogP) is 4.09. The van der Waals surface area contributed by atoms with Gasteiger partial charge in [-0.1, -0.05) is 23.7 Å². The van der Waals surface area contributed by atoms with E-state index in [1.807, 2.05) is 6.07 Å². The summed E-state index contributed by atoms with van der Waals surface area (Å²) in [6.07, 6.45) is 4.50. The van der Waals surface area contributed by atoms with Crippen LogP contribution in [0.2, 0.25) is 5.02 Å². The molecule has 0 spiro atoms. The van der Waals surface area contributed by atoms with Crippen molar-refractivity contribution in [1.82, 2.24) is 14.6 Å². The van der Waals surface area contributed by atoms with Gasteiger partial charge in [0.15, 0.2) is 0 Å². The number of benzene rings is 2. The van der Waals surface area contributed by atoms with Gasteiger partial charge in [0, 0.05) is 35.7 Å². The summed E-state index contributed by atoms with van der Waals surface area (Å²) < 4.78 is 26.9. The van der Waals surface area contributed by atoms with Crippen LogP contribution in [0.3, 0.4) is 0 Å². The van der Waals surface area contributed by atoms with Crippen LogP contribution in [-0.4, -0.2) is 36.7 Å². The van der Waals surface area contributed by atoms with Crippen LogP contribution >= 0.6 is 11.6 Å². The van der Waals surface area contributed by atoms with Crippen molar-refractivity contribution in [3.63, 3.8) is 0 Å². The van der Waals surface area contributed by atoms with Crippen molar-refractivity contribution in [3.05, 3.63) is 69.9 Å². The quantitative estimate of drug-likeness (QED) is 0.610. The Kier molecular flexibility index (Phi) is 5.65. The minimum absolute atomic E-state index is 0.161. The second-order valence-corrected chi connectivity index (χ2v) is 10.7. The summed E-state index contributed by atoms with van der Waals surface area (Å²) in [5, 5.41) is 4.34. The third-order valence-corrected chi connectivity index (χ3v) is 8.43. The van der Waals surface area contributed by atoms with E-state index in [9.17, 15) is 13.2 Å². The molecule has 1 fully saturated rings. The molecule has 0 unspecified atom stereocenters. The van der Waals surface area contributed by atoms with Crippen LogP contribution in [0, 0.1) is 0 Å². The third kappa shape index (κ3) is 3.89. The van der Waals surface area contributed by atoms with Gasteiger partial charge in [0.25, 0.3) is 5.91 Å². The molecule has 6 nitrogen and oxygen atoms in total. The summed E-state index contributed by atoms with van der Waals surface area (Å²) in [7, 11) is -3.44. The number of sulfonamides is 1. The maximum Gasteiger partial charge on any atom is 0.252 e. The highest BCUT2D eigenvalue weighted by molar-refractivity contribution is 7.89. The van der Waals surface area contributed by atoms with Gasteiger partial charge in [-0.15, -0.1) is 0 Å². The van der Waals surface area contributed by atoms with Crippen LogP contribution in [0.1, 0.15) is 46.4 Å². The molecular formula is C24H24ClN3O3S. The molecule has 3 aromatic rings. The minimum Gasteiger partial charge on any atom is -0.348 e. The number of carbonyl (C=O) groups excluding carboxylic acids is 1. The normalized spacial score (nSPS) is 16.4. The van der Waals surface area contributed by atoms with Gasteiger partial charge in [-0.2, -0.15) is 4.31 Å². The van der Waals surface area contributed by atoms with Gasteiger partial charge in [-0.3, -0.25) is 9.78 Å². The highest BCUT2D eigenvalue weighted by Crippen LogP contribution is 2.31. The standard InChI is InChI=1S/C24H24ClN3O3S/c25-17-8-11-22-20(14-17)23(19-4-3-5-21(19)27-22)24(29)26-15-16-6-9-18(10-7-16)32(30,31)28-12-1-2-13-28/h6-11,14H,1-5,12-13,15H2,(H,26,29). The van der Waals surface area contributed by atoms with Crippen LogP contribution in [0.4, 0.5) is 0 Å². The van der Waals surface area contributed by atoms with Gasteiger partial charge in [0.2, 0.25) is 10.0 Å². The molecule has 1 amide bonds. The van der Waals surface area contributed by atoms with Crippen molar-refractivity contribution in [2.75, 3.05) is 13.1 Å². The number of nitrogens with zero attached hydrogens (tertiary/aromatic N) is 2. The second kappa shape index (κ2) is 8.46. The molecule has 2 heterocycles. The van der Waals surface area contributed by atoms with Crippen LogP contribution in [-0.2, 0) is 29.4 Å². The highest BCUT2D eigenvalue weighted by atomic mass is 35.5. The molecule has 1 saturated heterocycles. The molecule has 1 N–H and O–H groups in total. The first kappa shape index (κ1) is 21.4. The van der Waals surface area contributed by atoms with Crippen LogP contribution in [0.15, 0.2) is 47.4 Å². The van der Waals surface area contributed by atoms with Crippen LogP contribution in [0.5, 0.6) is 0 Å². The van der Waals surface area contributed by atoms with Crippen molar-refractivity contribution in [2.24, 2.45) is 0 Å². The van der Waals surface area contributed by atoms with Gasteiger partial charge in [0.1, 0.15) is 0 Å². The number of amides is 1. The van der Waals surface area contributed by atoms with Crippen LogP contribution < -0.4 is 5.32 Å². The van der Waals surface area contributed by atoms with E-state index in [1.54, 1.807) is 36.4 Å². The largest absolute Gasteiger partial charge is 0.348 e. The number of aromatic nitrogens is 1. The number of hydrogen-bond acceptors (Lipinski definition) is 4. The lowest BCUT2D eigenvalue weighted by atomic mass is 10.0. The van der Waals surface area contributed by atoms with Crippen molar-refractivity contribution >= 4 is 38.4 Å². The predicted molar refractivity (Wildman–Crippen MR) is 124 cm³/mol. The average molecular weight is 470 g/mol. The molecule has 2 aliphatic rings. The van der Waals surface area contributed by atoms with Gasteiger partial charge in [-0.05, 0) is 73.6 Å². The lowest BCUT2D eigenvalue weighted by molar-refractivity contribution is 0.0951. The molecule has 0 saturated carbocycles. The van der Waals surface area contributed by atoms with E-state index < -0.39 is 10.0 Å². The number of halogens is 1. The van der Waals surface area contributed by atoms with Gasteiger partial charge < -0.3 is 5.32 Å². The third-order valence-electron chi connectivity index (χ3n) is 6.28. The fraction of sp³-hybridized carbons (Fsp3) is 0.333. The van der Waals surface area contributed by atoms with E-state index in [0.29, 0.717) is 35.1 Å². The average Bonchev–Trinajstić information content (AvgIpc) is 3.48. The Hall–Kier alpha value is -2.48. The molecule has 0 radical (unpaired) electrons. The summed E-state index contributed by atoms with van der Waals surface area (Å²) in [4.78, 5) is 18.2. The number of aryl methyl sites for hydroxylation is 1. The summed E-state index contributed by atoms with van der Waals surface area (Å²) in [5.41, 5.74) is 4.26. The Bertz CT molecular complexity index is 1300. The lowest BCUT2D eigenvalue weighted by Gasteiger charge is -2.16. The zero-order chi connectivity index (χ0) is 22.3. The molecule has 2 aromatic carbocycles. The monoisotopic (exact) mass is 469 g/mol. The van der Waals surface area contributed by atoms with Crippen LogP contribution in [0.25, 0.3) is 10.9 Å². The molecule has 1 aliphatic carbocycles. The van der Waals surface area contributed by atoms with Crippen molar-refractivity contribution in [1.29, 1.82) is 0 Å². The Morgan fingerprint density at radius 2 is 1.78 bits per heavy atom. The first-order valence-electron chi connectivity index (χ1n) is 10.9. The molecule has 8 heteroatoms. The van der Waals surface area contributed by atoms with Gasteiger partial charge >= 0.3 is 0 Å². The Labute approximate surface area is 192 Å². The summed E-state index contributed by atoms with van der Waals surface area (Å²) in [6.45, 7) is 1.46. The van der Waals surface area contributed by atoms with Crippen molar-refractivity contribution < 1.29 is 13.2 Å². The van der Waals surface area contributed by atoms with E-state index in [-0.39, 0.29) is 5.91 Å². The second-order valence-electron chi connectivity index (χ2n) is 8.36. The minimum atomic E-state index is -3.44. The van der Waals surface area contributed by atoms with E-state index >= 15 is 0 Å². The van der Waals surface area contributed by atoms with E-state index in [2.05, 4.69) is 5.32 Å². The van der Waals surface area contributed by atoms with E-state index in [0.717, 1.165) is 59.8 Å². The van der Waals surface area contributed by atoms with Crippen molar-refractivity contribution in [2.45, 2.75) is 43.5 Å². The lowest BCUT2D eigenvalue weighted by Crippen LogP contribution is -2.28. The molecule has 0 atom stereocenters. The Morgan fingerprint density at radius 1 is 1.03 bits per heavy atom. The number of rotatable bonds is 5. The zero-order valence-electron chi connectivity index (χ0n) is 17.6. The summed E-state index contributed by atoms with van der Waals surface area (Å²) in [6, 6.07) is 12.2. The molecule has 5 rings (SSSR count). The first-order valence-corrected chi connectivity index (χ1v) is 12.7. The number of carbonyl (C=O) groups is 1. The summed E-state index contributed by atoms with van der Waals surface area (Å²) >= 11 is 6.21. The number of fused-ring (bicyclic) bond motifs is 2. The zero-order valence-corrected chi connectivity index (χ0v) is 19.2. The molecule has 166 valence electrons. The maximum absolute atomic E-state index is 13.2. The van der Waals surface area contributed by atoms with Gasteiger partial charge in [0.05, 0.1) is 16.0 Å². The summed E-state index contributed by atoms with van der Waals surface area (Å²) in [5.74, 6) is -0.161. The Balaban J connectivity index is 1.37. The molecule has 1 aromatic heterocycles. The SMILES string of the molecule is O=C(NCc1ccc(S(=O)(=O)N2CCCC2)cc1)c1c2c(nc3ccc(Cl)cc13)CCC2. The first-order chi connectivity index (χ1) is 15.4. The maximum atomic E-state index is 13.2. The van der Waals surface area contributed by atoms with Gasteiger partial charge in [-0.25, -0.2) is 8.42 Å². The topological polar surface area (TPSA) is 79.4 Å². The fourth-order valence-corrected chi connectivity index (χ4v) is 6.31. The molecule has 0 bridgehead atoms. The number of nitrogens with one attached hydrogen (secondary N) is 1. The van der Waals surface area contributed by atoms with E-state index in [1.165, 1.54) is 4.31 Å². The number of pyridine rings is 1. The van der Waals surface area contributed by atoms with E-state index in [4.69, 9.17) is 16.6 Å². The van der Waals surface area contributed by atoms with Crippen molar-refractivity contribution in [3.8, 4) is 0 Å².